The molecule has 0 bridgehead atoms. The third-order valence-electron chi connectivity index (χ3n) is 1.60. The van der Waals surface area contributed by atoms with Crippen LogP contribution < -0.4 is 5.56 Å². The first kappa shape index (κ1) is 9.31. The van der Waals surface area contributed by atoms with Crippen LogP contribution in [0.25, 0.3) is 11.2 Å². The second-order valence-electron chi connectivity index (χ2n) is 3.11. The Labute approximate surface area is 84.0 Å². The minimum Gasteiger partial charge on any atom is -0.369 e. The van der Waals surface area contributed by atoms with Crippen LogP contribution in [-0.4, -0.2) is 50.7 Å². The van der Waals surface area contributed by atoms with Gasteiger partial charge in [0, 0.05) is 14.1 Å². The normalized spacial score (nSPS) is 11.3. The summed E-state index contributed by atoms with van der Waals surface area (Å²) in [6, 6.07) is 0. The van der Waals surface area contributed by atoms with Gasteiger partial charge in [-0.25, -0.2) is 10.1 Å². The molecule has 15 heavy (non-hydrogen) atoms. The van der Waals surface area contributed by atoms with Crippen LogP contribution in [0.4, 0.5) is 5.95 Å². The quantitative estimate of drug-likeness (QED) is 0.498. The fraction of sp³-hybridized carbons (Fsp3) is 0.286. The molecule has 8 heteroatoms. The summed E-state index contributed by atoms with van der Waals surface area (Å²) >= 11 is 0. The summed E-state index contributed by atoms with van der Waals surface area (Å²) in [5.41, 5.74) is 0.142. The van der Waals surface area contributed by atoms with Gasteiger partial charge in [0.15, 0.2) is 11.2 Å². The maximum Gasteiger partial charge on any atom is 0.282 e. The molecule has 0 saturated carbocycles. The van der Waals surface area contributed by atoms with Crippen molar-refractivity contribution in [2.75, 3.05) is 14.1 Å². The molecule has 0 spiro atoms. The summed E-state index contributed by atoms with van der Waals surface area (Å²) in [5.74, 6) is 0.215. The monoisotopic (exact) mass is 207 g/mol. The van der Waals surface area contributed by atoms with Gasteiger partial charge < -0.3 is 4.90 Å². The van der Waals surface area contributed by atoms with Crippen molar-refractivity contribution in [1.82, 2.24) is 30.3 Å². The van der Waals surface area contributed by atoms with Crippen molar-refractivity contribution in [3.8, 4) is 0 Å². The maximum absolute atomic E-state index is 11.4. The molecule has 0 aromatic carbocycles. The second-order valence-corrected chi connectivity index (χ2v) is 3.11. The summed E-state index contributed by atoms with van der Waals surface area (Å²) in [5, 5.41) is 9.57. The standard InChI is InChI=1S/C7H9N7O/c1-14(2)3-8-7-9-5-4(6(15)10-7)11-13-12-5/h3H,1-2H3,(H2,9,10,11,12,13,15)/b8-3+. The third-order valence-corrected chi connectivity index (χ3v) is 1.60. The van der Waals surface area contributed by atoms with E-state index < -0.39 is 0 Å². The summed E-state index contributed by atoms with van der Waals surface area (Å²) in [6.07, 6.45) is 1.54. The van der Waals surface area contributed by atoms with Gasteiger partial charge in [-0.2, -0.15) is 4.98 Å². The fourth-order valence-corrected chi connectivity index (χ4v) is 0.979. The van der Waals surface area contributed by atoms with Crippen LogP contribution in [0.1, 0.15) is 0 Å². The van der Waals surface area contributed by atoms with Crippen molar-refractivity contribution in [3.05, 3.63) is 10.4 Å². The molecule has 0 amide bonds. The van der Waals surface area contributed by atoms with E-state index in [-0.39, 0.29) is 17.0 Å². The van der Waals surface area contributed by atoms with Crippen LogP contribution >= 0.6 is 0 Å². The van der Waals surface area contributed by atoms with E-state index in [2.05, 4.69) is 30.4 Å². The van der Waals surface area contributed by atoms with Gasteiger partial charge in [0.2, 0.25) is 5.95 Å². The van der Waals surface area contributed by atoms with E-state index in [4.69, 9.17) is 0 Å². The van der Waals surface area contributed by atoms with E-state index in [1.54, 1.807) is 4.90 Å². The summed E-state index contributed by atoms with van der Waals surface area (Å²) in [7, 11) is 3.63. The second kappa shape index (κ2) is 3.48. The number of hydrogen-bond donors (Lipinski definition) is 2. The number of aliphatic imine (C=N–C) groups is 1. The van der Waals surface area contributed by atoms with E-state index >= 15 is 0 Å². The Bertz CT molecular complexity index is 552. The maximum atomic E-state index is 11.4. The Morgan fingerprint density at radius 3 is 3.00 bits per heavy atom. The van der Waals surface area contributed by atoms with E-state index in [1.165, 1.54) is 6.34 Å². The van der Waals surface area contributed by atoms with E-state index in [1.807, 2.05) is 14.1 Å². The van der Waals surface area contributed by atoms with Crippen molar-refractivity contribution in [2.24, 2.45) is 4.99 Å². The number of aromatic amines is 2. The molecule has 2 aromatic heterocycles. The first-order chi connectivity index (χ1) is 7.16. The summed E-state index contributed by atoms with van der Waals surface area (Å²) < 4.78 is 0. The number of nitrogens with one attached hydrogen (secondary N) is 2. The average molecular weight is 207 g/mol. The summed E-state index contributed by atoms with van der Waals surface area (Å²) in [6.45, 7) is 0. The van der Waals surface area contributed by atoms with Crippen LogP contribution in [0.5, 0.6) is 0 Å². The molecular formula is C7H9N7O. The van der Waals surface area contributed by atoms with Crippen molar-refractivity contribution in [2.45, 2.75) is 0 Å². The SMILES string of the molecule is CN(C)/C=N/c1nc2[nH]nnc2c(=O)[nH]1. The third kappa shape index (κ3) is 1.82. The average Bonchev–Trinajstić information content (AvgIpc) is 2.63. The molecule has 2 rings (SSSR count). The van der Waals surface area contributed by atoms with Crippen LogP contribution in [0.2, 0.25) is 0 Å². The largest absolute Gasteiger partial charge is 0.369 e. The smallest absolute Gasteiger partial charge is 0.282 e. The molecule has 0 fully saturated rings. The fourth-order valence-electron chi connectivity index (χ4n) is 0.979. The van der Waals surface area contributed by atoms with Crippen LogP contribution in [0.3, 0.4) is 0 Å². The van der Waals surface area contributed by atoms with Crippen LogP contribution in [0, 0.1) is 0 Å². The minimum absolute atomic E-state index is 0.179. The van der Waals surface area contributed by atoms with Crippen LogP contribution in [-0.2, 0) is 0 Å². The molecule has 0 aliphatic carbocycles. The van der Waals surface area contributed by atoms with E-state index in [0.717, 1.165) is 0 Å². The molecule has 2 N–H and O–H groups in total. The molecule has 2 heterocycles. The molecule has 78 valence electrons. The highest BCUT2D eigenvalue weighted by molar-refractivity contribution is 5.69. The van der Waals surface area contributed by atoms with Gasteiger partial charge in [-0.05, 0) is 0 Å². The van der Waals surface area contributed by atoms with Crippen LogP contribution in [0.15, 0.2) is 9.79 Å². The molecule has 0 radical (unpaired) electrons. The highest BCUT2D eigenvalue weighted by Gasteiger charge is 2.05. The van der Waals surface area contributed by atoms with Crippen molar-refractivity contribution in [3.63, 3.8) is 0 Å². The zero-order valence-corrected chi connectivity index (χ0v) is 8.22. The molecular weight excluding hydrogens is 198 g/mol. The number of H-pyrrole nitrogens is 2. The Balaban J connectivity index is 2.50. The van der Waals surface area contributed by atoms with Gasteiger partial charge in [0.05, 0.1) is 6.34 Å². The lowest BCUT2D eigenvalue weighted by Crippen LogP contribution is -2.10. The molecule has 2 aromatic rings. The molecule has 8 nitrogen and oxygen atoms in total. The predicted molar refractivity (Wildman–Crippen MR) is 54.1 cm³/mol. The van der Waals surface area contributed by atoms with Crippen molar-refractivity contribution in [1.29, 1.82) is 0 Å². The first-order valence-electron chi connectivity index (χ1n) is 4.18. The molecule has 0 aliphatic rings. The first-order valence-corrected chi connectivity index (χ1v) is 4.18. The molecule has 0 saturated heterocycles. The zero-order chi connectivity index (χ0) is 10.8. The van der Waals surface area contributed by atoms with Gasteiger partial charge in [-0.1, -0.05) is 5.21 Å². The molecule has 0 unspecified atom stereocenters. The lowest BCUT2D eigenvalue weighted by molar-refractivity contribution is 0.642. The van der Waals surface area contributed by atoms with Gasteiger partial charge in [0.25, 0.3) is 5.56 Å². The summed E-state index contributed by atoms with van der Waals surface area (Å²) in [4.78, 5) is 23.6. The number of rotatable bonds is 2. The molecule has 0 aliphatic heterocycles. The van der Waals surface area contributed by atoms with Crippen molar-refractivity contribution < 1.29 is 0 Å². The van der Waals surface area contributed by atoms with Crippen molar-refractivity contribution >= 4 is 23.5 Å². The van der Waals surface area contributed by atoms with Gasteiger partial charge in [-0.3, -0.25) is 9.78 Å². The lowest BCUT2D eigenvalue weighted by atomic mass is 10.5. The van der Waals surface area contributed by atoms with Gasteiger partial charge in [0.1, 0.15) is 0 Å². The Morgan fingerprint density at radius 1 is 1.47 bits per heavy atom. The Morgan fingerprint density at radius 2 is 2.27 bits per heavy atom. The van der Waals surface area contributed by atoms with Gasteiger partial charge in [-0.15, -0.1) is 5.10 Å². The number of fused-ring (bicyclic) bond motifs is 1. The predicted octanol–water partition coefficient (Wildman–Crippen LogP) is -0.737. The highest BCUT2D eigenvalue weighted by atomic mass is 16.1. The Hall–Kier alpha value is -2.25. The number of aromatic nitrogens is 5. The van der Waals surface area contributed by atoms with E-state index in [9.17, 15) is 4.79 Å². The molecule has 0 atom stereocenters. The van der Waals surface area contributed by atoms with E-state index in [0.29, 0.717) is 5.65 Å². The zero-order valence-electron chi connectivity index (χ0n) is 8.22. The Kier molecular flexibility index (Phi) is 2.16. The minimum atomic E-state index is -0.361. The highest BCUT2D eigenvalue weighted by Crippen LogP contribution is 2.03. The number of hydrogen-bond acceptors (Lipinski definition) is 5. The number of nitrogens with zero attached hydrogens (tertiary/aromatic N) is 5. The van der Waals surface area contributed by atoms with Gasteiger partial charge >= 0.3 is 0 Å². The lowest BCUT2D eigenvalue weighted by Gasteiger charge is -2.00. The topological polar surface area (TPSA) is 103 Å².